The molecule has 2 N–H and O–H groups in total. The van der Waals surface area contributed by atoms with Gasteiger partial charge >= 0.3 is 0 Å². The lowest BCUT2D eigenvalue weighted by atomic mass is 9.96. The summed E-state index contributed by atoms with van der Waals surface area (Å²) in [7, 11) is 0. The summed E-state index contributed by atoms with van der Waals surface area (Å²) < 4.78 is 0. The van der Waals surface area contributed by atoms with E-state index in [0.717, 1.165) is 11.7 Å². The fraction of sp³-hybridized carbons (Fsp3) is 0.615. The highest BCUT2D eigenvalue weighted by atomic mass is 32.1. The summed E-state index contributed by atoms with van der Waals surface area (Å²) in [6, 6.07) is 0.590. The lowest BCUT2D eigenvalue weighted by molar-refractivity contribution is 0.412. The van der Waals surface area contributed by atoms with Crippen LogP contribution in [0.2, 0.25) is 0 Å². The van der Waals surface area contributed by atoms with Gasteiger partial charge in [-0.15, -0.1) is 0 Å². The van der Waals surface area contributed by atoms with Crippen molar-refractivity contribution in [2.45, 2.75) is 51.6 Å². The van der Waals surface area contributed by atoms with Crippen LogP contribution in [0.25, 0.3) is 0 Å². The number of hydrogen-bond donors (Lipinski definition) is 2. The molecule has 0 saturated heterocycles. The standard InChI is InChI=1S/C13H20N2S2/c1-10-8-17-9-11(10)7-14-13(16)15-12-5-3-2-4-6-12/h8-9,12H,2-7H2,1H3,(H2,14,15,16). The molecule has 2 nitrogen and oxygen atoms in total. The van der Waals surface area contributed by atoms with E-state index in [0.29, 0.717) is 6.04 Å². The fourth-order valence-corrected chi connectivity index (χ4v) is 3.32. The smallest absolute Gasteiger partial charge is 0.166 e. The van der Waals surface area contributed by atoms with Crippen LogP contribution in [0, 0.1) is 6.92 Å². The summed E-state index contributed by atoms with van der Waals surface area (Å²) in [6.07, 6.45) is 6.58. The number of thiophene rings is 1. The van der Waals surface area contributed by atoms with Gasteiger partial charge in [-0.2, -0.15) is 11.3 Å². The molecule has 1 saturated carbocycles. The van der Waals surface area contributed by atoms with E-state index in [4.69, 9.17) is 12.2 Å². The van der Waals surface area contributed by atoms with Gasteiger partial charge in [0.25, 0.3) is 0 Å². The average molecular weight is 268 g/mol. The Morgan fingerprint density at radius 2 is 2.12 bits per heavy atom. The van der Waals surface area contributed by atoms with Gasteiger partial charge < -0.3 is 10.6 Å². The molecule has 0 amide bonds. The summed E-state index contributed by atoms with van der Waals surface area (Å²) in [6.45, 7) is 2.99. The van der Waals surface area contributed by atoms with E-state index < -0.39 is 0 Å². The van der Waals surface area contributed by atoms with Crippen LogP contribution >= 0.6 is 23.6 Å². The molecule has 0 unspecified atom stereocenters. The van der Waals surface area contributed by atoms with E-state index in [1.54, 1.807) is 11.3 Å². The third-order valence-electron chi connectivity index (χ3n) is 3.34. The molecule has 0 atom stereocenters. The number of aryl methyl sites for hydroxylation is 1. The van der Waals surface area contributed by atoms with Crippen molar-refractivity contribution in [3.63, 3.8) is 0 Å². The summed E-state index contributed by atoms with van der Waals surface area (Å²) >= 11 is 7.08. The van der Waals surface area contributed by atoms with Crippen molar-refractivity contribution < 1.29 is 0 Å². The number of hydrogen-bond acceptors (Lipinski definition) is 2. The highest BCUT2D eigenvalue weighted by Gasteiger charge is 2.13. The van der Waals surface area contributed by atoms with Gasteiger partial charge in [-0.3, -0.25) is 0 Å². The molecule has 0 aliphatic heterocycles. The van der Waals surface area contributed by atoms with Crippen LogP contribution in [0.1, 0.15) is 43.2 Å². The lowest BCUT2D eigenvalue weighted by Crippen LogP contribution is -2.42. The van der Waals surface area contributed by atoms with Crippen molar-refractivity contribution in [2.75, 3.05) is 0 Å². The summed E-state index contributed by atoms with van der Waals surface area (Å²) in [5, 5.41) is 11.9. The summed E-state index contributed by atoms with van der Waals surface area (Å²) in [4.78, 5) is 0. The maximum absolute atomic E-state index is 5.33. The molecule has 0 radical (unpaired) electrons. The second-order valence-electron chi connectivity index (χ2n) is 4.74. The molecule has 1 aliphatic rings. The topological polar surface area (TPSA) is 24.1 Å². The van der Waals surface area contributed by atoms with E-state index in [-0.39, 0.29) is 0 Å². The van der Waals surface area contributed by atoms with Crippen LogP contribution in [-0.4, -0.2) is 11.2 Å². The van der Waals surface area contributed by atoms with E-state index in [1.165, 1.54) is 43.2 Å². The highest BCUT2D eigenvalue weighted by molar-refractivity contribution is 7.80. The van der Waals surface area contributed by atoms with E-state index >= 15 is 0 Å². The Morgan fingerprint density at radius 3 is 2.76 bits per heavy atom. The van der Waals surface area contributed by atoms with Crippen LogP contribution in [0.15, 0.2) is 10.8 Å². The molecule has 1 heterocycles. The minimum atomic E-state index is 0.590. The van der Waals surface area contributed by atoms with Crippen LogP contribution in [-0.2, 0) is 6.54 Å². The third kappa shape index (κ3) is 3.96. The molecular weight excluding hydrogens is 248 g/mol. The maximum atomic E-state index is 5.33. The van der Waals surface area contributed by atoms with Crippen molar-refractivity contribution in [1.82, 2.24) is 10.6 Å². The summed E-state index contributed by atoms with van der Waals surface area (Å²) in [5.74, 6) is 0. The number of nitrogens with one attached hydrogen (secondary N) is 2. The van der Waals surface area contributed by atoms with Crippen molar-refractivity contribution in [3.05, 3.63) is 21.9 Å². The monoisotopic (exact) mass is 268 g/mol. The molecule has 17 heavy (non-hydrogen) atoms. The van der Waals surface area contributed by atoms with Gasteiger partial charge in [-0.25, -0.2) is 0 Å². The van der Waals surface area contributed by atoms with Gasteiger partial charge in [-0.1, -0.05) is 19.3 Å². The molecule has 1 aliphatic carbocycles. The zero-order valence-corrected chi connectivity index (χ0v) is 11.9. The highest BCUT2D eigenvalue weighted by Crippen LogP contribution is 2.17. The zero-order chi connectivity index (χ0) is 12.1. The molecule has 0 spiro atoms. The first-order valence-corrected chi connectivity index (χ1v) is 7.67. The Morgan fingerprint density at radius 1 is 1.35 bits per heavy atom. The van der Waals surface area contributed by atoms with Gasteiger partial charge in [0.1, 0.15) is 0 Å². The Balaban J connectivity index is 1.72. The van der Waals surface area contributed by atoms with Crippen LogP contribution in [0.4, 0.5) is 0 Å². The molecule has 1 aromatic rings. The Labute approximate surface area is 113 Å². The minimum Gasteiger partial charge on any atom is -0.360 e. The number of thiocarbonyl (C=S) groups is 1. The van der Waals surface area contributed by atoms with Gasteiger partial charge in [0, 0.05) is 12.6 Å². The quantitative estimate of drug-likeness (QED) is 0.822. The van der Waals surface area contributed by atoms with Crippen molar-refractivity contribution in [2.24, 2.45) is 0 Å². The predicted octanol–water partition coefficient (Wildman–Crippen LogP) is 3.35. The van der Waals surface area contributed by atoms with E-state index in [2.05, 4.69) is 28.3 Å². The van der Waals surface area contributed by atoms with E-state index in [9.17, 15) is 0 Å². The normalized spacial score (nSPS) is 16.8. The second kappa shape index (κ2) is 6.36. The van der Waals surface area contributed by atoms with Crippen LogP contribution < -0.4 is 10.6 Å². The van der Waals surface area contributed by atoms with Gasteiger partial charge in [0.15, 0.2) is 5.11 Å². The first kappa shape index (κ1) is 12.8. The van der Waals surface area contributed by atoms with Gasteiger partial charge in [0.2, 0.25) is 0 Å². The molecule has 4 heteroatoms. The molecule has 1 aromatic heterocycles. The fourth-order valence-electron chi connectivity index (χ4n) is 2.23. The van der Waals surface area contributed by atoms with Crippen molar-refractivity contribution >= 4 is 28.7 Å². The average Bonchev–Trinajstić information content (AvgIpc) is 2.74. The Hall–Kier alpha value is -0.610. The molecule has 0 aromatic carbocycles. The van der Waals surface area contributed by atoms with Crippen molar-refractivity contribution in [3.8, 4) is 0 Å². The molecule has 1 fully saturated rings. The number of rotatable bonds is 3. The Kier molecular flexibility index (Phi) is 4.80. The van der Waals surface area contributed by atoms with E-state index in [1.807, 2.05) is 0 Å². The largest absolute Gasteiger partial charge is 0.360 e. The van der Waals surface area contributed by atoms with Crippen molar-refractivity contribution in [1.29, 1.82) is 0 Å². The second-order valence-corrected chi connectivity index (χ2v) is 5.89. The zero-order valence-electron chi connectivity index (χ0n) is 10.3. The first-order valence-electron chi connectivity index (χ1n) is 6.32. The first-order chi connectivity index (χ1) is 8.25. The maximum Gasteiger partial charge on any atom is 0.166 e. The minimum absolute atomic E-state index is 0.590. The molecule has 94 valence electrons. The SMILES string of the molecule is Cc1cscc1CNC(=S)NC1CCCCC1. The predicted molar refractivity (Wildman–Crippen MR) is 78.5 cm³/mol. The molecule has 2 rings (SSSR count). The third-order valence-corrected chi connectivity index (χ3v) is 4.51. The Bertz CT molecular complexity index is 367. The van der Waals surface area contributed by atoms with Gasteiger partial charge in [-0.05, 0) is 53.9 Å². The lowest BCUT2D eigenvalue weighted by Gasteiger charge is -2.24. The molecule has 0 bridgehead atoms. The summed E-state index contributed by atoms with van der Waals surface area (Å²) in [5.41, 5.74) is 2.70. The van der Waals surface area contributed by atoms with Crippen LogP contribution in [0.5, 0.6) is 0 Å². The van der Waals surface area contributed by atoms with Gasteiger partial charge in [0.05, 0.1) is 0 Å². The van der Waals surface area contributed by atoms with Crippen LogP contribution in [0.3, 0.4) is 0 Å². The molecular formula is C13H20N2S2.